The lowest BCUT2D eigenvalue weighted by molar-refractivity contribution is 0.0938. The van der Waals surface area contributed by atoms with Gasteiger partial charge in [-0.1, -0.05) is 52.3 Å². The summed E-state index contributed by atoms with van der Waals surface area (Å²) in [6.07, 6.45) is 0. The molecule has 3 aromatic rings. The fourth-order valence-electron chi connectivity index (χ4n) is 2.96. The van der Waals surface area contributed by atoms with Crippen molar-refractivity contribution < 1.29 is 4.79 Å². The molecule has 2 aromatic carbocycles. The van der Waals surface area contributed by atoms with Gasteiger partial charge in [0.1, 0.15) is 0 Å². The molecule has 1 heterocycles. The third kappa shape index (κ3) is 3.51. The summed E-state index contributed by atoms with van der Waals surface area (Å²) >= 11 is 3.54. The predicted octanol–water partition coefficient (Wildman–Crippen LogP) is 4.74. The summed E-state index contributed by atoms with van der Waals surface area (Å²) in [7, 11) is 0. The number of carbonyl (C=O) groups excluding carboxylic acids is 1. The van der Waals surface area contributed by atoms with Gasteiger partial charge in [-0.25, -0.2) is 4.68 Å². The van der Waals surface area contributed by atoms with Crippen LogP contribution in [-0.4, -0.2) is 15.7 Å². The largest absolute Gasteiger partial charge is 0.345 e. The van der Waals surface area contributed by atoms with Crippen molar-refractivity contribution in [1.29, 1.82) is 0 Å². The van der Waals surface area contributed by atoms with Crippen LogP contribution in [0.25, 0.3) is 5.69 Å². The monoisotopic (exact) mass is 397 g/mol. The van der Waals surface area contributed by atoms with Crippen molar-refractivity contribution in [2.24, 2.45) is 0 Å². The number of carbonyl (C=O) groups is 1. The van der Waals surface area contributed by atoms with Crippen molar-refractivity contribution in [2.45, 2.75) is 26.8 Å². The van der Waals surface area contributed by atoms with Gasteiger partial charge in [-0.3, -0.25) is 4.79 Å². The van der Waals surface area contributed by atoms with Crippen LogP contribution >= 0.6 is 15.9 Å². The molecule has 0 aliphatic heterocycles. The van der Waals surface area contributed by atoms with Crippen molar-refractivity contribution in [2.75, 3.05) is 0 Å². The molecule has 4 nitrogen and oxygen atoms in total. The first-order valence-corrected chi connectivity index (χ1v) is 8.95. The maximum absolute atomic E-state index is 12.8. The number of nitrogens with one attached hydrogen (secondary N) is 1. The molecule has 1 atom stereocenters. The van der Waals surface area contributed by atoms with E-state index in [-0.39, 0.29) is 11.9 Å². The third-order valence-corrected chi connectivity index (χ3v) is 4.96. The Morgan fingerprint density at radius 1 is 1.08 bits per heavy atom. The van der Waals surface area contributed by atoms with Crippen LogP contribution in [0.15, 0.2) is 59.1 Å². The highest BCUT2D eigenvalue weighted by Crippen LogP contribution is 2.24. The second-order valence-electron chi connectivity index (χ2n) is 6.01. The van der Waals surface area contributed by atoms with Crippen molar-refractivity contribution in [1.82, 2.24) is 15.1 Å². The van der Waals surface area contributed by atoms with Crippen molar-refractivity contribution in [3.63, 3.8) is 0 Å². The van der Waals surface area contributed by atoms with E-state index in [1.165, 1.54) is 0 Å². The summed E-state index contributed by atoms with van der Waals surface area (Å²) in [4.78, 5) is 12.8. The van der Waals surface area contributed by atoms with Crippen LogP contribution in [0.3, 0.4) is 0 Å². The molecule has 25 heavy (non-hydrogen) atoms. The summed E-state index contributed by atoms with van der Waals surface area (Å²) in [6.45, 7) is 5.76. The summed E-state index contributed by atoms with van der Waals surface area (Å²) < 4.78 is 2.80. The molecule has 3 rings (SSSR count). The smallest absolute Gasteiger partial charge is 0.255 e. The van der Waals surface area contributed by atoms with Crippen molar-refractivity contribution in [3.05, 3.63) is 81.6 Å². The predicted molar refractivity (Wildman–Crippen MR) is 103 cm³/mol. The molecule has 0 spiro atoms. The molecule has 1 N–H and O–H groups in total. The molecule has 5 heteroatoms. The lowest BCUT2D eigenvalue weighted by Crippen LogP contribution is -2.27. The molecule has 1 aromatic heterocycles. The number of benzene rings is 2. The van der Waals surface area contributed by atoms with E-state index < -0.39 is 0 Å². The van der Waals surface area contributed by atoms with E-state index >= 15 is 0 Å². The van der Waals surface area contributed by atoms with E-state index in [1.54, 1.807) is 0 Å². The SMILES string of the molecule is Cc1nn(-c2ccccc2)c(C)c1C(=O)NC(C)c1ccccc1Br. The van der Waals surface area contributed by atoms with E-state index in [2.05, 4.69) is 26.3 Å². The van der Waals surface area contributed by atoms with E-state index in [1.807, 2.05) is 80.1 Å². The van der Waals surface area contributed by atoms with Gasteiger partial charge in [0.2, 0.25) is 0 Å². The van der Waals surface area contributed by atoms with Crippen LogP contribution in [0, 0.1) is 13.8 Å². The summed E-state index contributed by atoms with van der Waals surface area (Å²) in [5.74, 6) is -0.111. The maximum atomic E-state index is 12.8. The van der Waals surface area contributed by atoms with E-state index in [0.29, 0.717) is 5.56 Å². The fraction of sp³-hybridized carbons (Fsp3) is 0.200. The average Bonchev–Trinajstić information content (AvgIpc) is 2.90. The number of para-hydroxylation sites is 1. The lowest BCUT2D eigenvalue weighted by Gasteiger charge is -2.16. The molecule has 1 unspecified atom stereocenters. The summed E-state index contributed by atoms with van der Waals surface area (Å²) in [5, 5.41) is 7.62. The number of hydrogen-bond donors (Lipinski definition) is 1. The molecular formula is C20H20BrN3O. The Morgan fingerprint density at radius 2 is 1.72 bits per heavy atom. The second-order valence-corrected chi connectivity index (χ2v) is 6.86. The lowest BCUT2D eigenvalue weighted by atomic mass is 10.1. The Morgan fingerprint density at radius 3 is 2.40 bits per heavy atom. The Hall–Kier alpha value is -2.40. The van der Waals surface area contributed by atoms with E-state index in [0.717, 1.165) is 27.1 Å². The van der Waals surface area contributed by atoms with Crippen LogP contribution in [0.4, 0.5) is 0 Å². The standard InChI is InChI=1S/C20H20BrN3O/c1-13(17-11-7-8-12-18(17)21)22-20(25)19-14(2)23-24(15(19)3)16-9-5-4-6-10-16/h4-13H,1-3H3,(H,22,25). The normalized spacial score (nSPS) is 12.0. The molecular weight excluding hydrogens is 378 g/mol. The average molecular weight is 398 g/mol. The van der Waals surface area contributed by atoms with Crippen molar-refractivity contribution >= 4 is 21.8 Å². The molecule has 128 valence electrons. The molecule has 0 saturated carbocycles. The Balaban J connectivity index is 1.88. The number of hydrogen-bond acceptors (Lipinski definition) is 2. The van der Waals surface area contributed by atoms with Gasteiger partial charge < -0.3 is 5.32 Å². The van der Waals surface area contributed by atoms with Gasteiger partial charge in [-0.05, 0) is 44.5 Å². The number of nitrogens with zero attached hydrogens (tertiary/aromatic N) is 2. The molecule has 0 aliphatic rings. The zero-order valence-electron chi connectivity index (χ0n) is 14.5. The number of aryl methyl sites for hydroxylation is 1. The topological polar surface area (TPSA) is 46.9 Å². The first kappa shape index (κ1) is 17.4. The minimum absolute atomic E-state index is 0.109. The van der Waals surface area contributed by atoms with Crippen LogP contribution in [0.5, 0.6) is 0 Å². The molecule has 0 saturated heterocycles. The highest BCUT2D eigenvalue weighted by Gasteiger charge is 2.21. The number of aromatic nitrogens is 2. The van der Waals surface area contributed by atoms with Crippen LogP contribution in [0.2, 0.25) is 0 Å². The van der Waals surface area contributed by atoms with E-state index in [9.17, 15) is 4.79 Å². The Bertz CT molecular complexity index is 903. The Kier molecular flexibility index (Phi) is 5.04. The Labute approximate surface area is 156 Å². The van der Waals surface area contributed by atoms with Crippen molar-refractivity contribution in [3.8, 4) is 5.69 Å². The second kappa shape index (κ2) is 7.23. The van der Waals surface area contributed by atoms with Crippen LogP contribution < -0.4 is 5.32 Å². The van der Waals surface area contributed by atoms with E-state index in [4.69, 9.17) is 0 Å². The van der Waals surface area contributed by atoms with Gasteiger partial charge in [-0.15, -0.1) is 0 Å². The first-order chi connectivity index (χ1) is 12.0. The van der Waals surface area contributed by atoms with Gasteiger partial charge in [-0.2, -0.15) is 5.10 Å². The fourth-order valence-corrected chi connectivity index (χ4v) is 3.59. The molecule has 0 radical (unpaired) electrons. The van der Waals surface area contributed by atoms with Gasteiger partial charge in [0.25, 0.3) is 5.91 Å². The maximum Gasteiger partial charge on any atom is 0.255 e. The quantitative estimate of drug-likeness (QED) is 0.690. The minimum atomic E-state index is -0.111. The number of halogens is 1. The number of amides is 1. The molecule has 0 aliphatic carbocycles. The zero-order chi connectivity index (χ0) is 18.0. The van der Waals surface area contributed by atoms with Gasteiger partial charge in [0, 0.05) is 4.47 Å². The molecule has 0 bridgehead atoms. The number of rotatable bonds is 4. The van der Waals surface area contributed by atoms with Gasteiger partial charge in [0.05, 0.1) is 28.7 Å². The van der Waals surface area contributed by atoms with Crippen LogP contribution in [-0.2, 0) is 0 Å². The summed E-state index contributed by atoms with van der Waals surface area (Å²) in [6, 6.07) is 17.6. The van der Waals surface area contributed by atoms with Crippen LogP contribution in [0.1, 0.15) is 40.3 Å². The summed E-state index contributed by atoms with van der Waals surface area (Å²) in [5.41, 5.74) is 4.17. The highest BCUT2D eigenvalue weighted by molar-refractivity contribution is 9.10. The van der Waals surface area contributed by atoms with Gasteiger partial charge in [0.15, 0.2) is 0 Å². The molecule has 1 amide bonds. The molecule has 0 fully saturated rings. The van der Waals surface area contributed by atoms with Gasteiger partial charge >= 0.3 is 0 Å². The first-order valence-electron chi connectivity index (χ1n) is 8.16. The zero-order valence-corrected chi connectivity index (χ0v) is 16.0. The minimum Gasteiger partial charge on any atom is -0.345 e. The third-order valence-electron chi connectivity index (χ3n) is 4.24. The highest BCUT2D eigenvalue weighted by atomic mass is 79.9.